The van der Waals surface area contributed by atoms with Gasteiger partial charge >= 0.3 is 0 Å². The molecule has 0 bridgehead atoms. The molecule has 0 heterocycles. The third-order valence-corrected chi connectivity index (χ3v) is 3.31. The average Bonchev–Trinajstić information content (AvgIpc) is 2.59. The lowest BCUT2D eigenvalue weighted by atomic mass is 10.2. The van der Waals surface area contributed by atoms with Crippen molar-refractivity contribution in [2.45, 2.75) is 13.8 Å². The van der Waals surface area contributed by atoms with Crippen molar-refractivity contribution in [3.8, 4) is 17.6 Å². The molecule has 0 atom stereocenters. The fraction of sp³-hybridized carbons (Fsp3) is 0.158. The number of phenols is 1. The summed E-state index contributed by atoms with van der Waals surface area (Å²) in [6.07, 6.45) is 1.26. The fourth-order valence-corrected chi connectivity index (χ4v) is 2.06. The van der Waals surface area contributed by atoms with E-state index >= 15 is 0 Å². The van der Waals surface area contributed by atoms with Crippen molar-refractivity contribution in [2.24, 2.45) is 0 Å². The van der Waals surface area contributed by atoms with Crippen LogP contribution in [0.4, 0.5) is 11.4 Å². The molecule has 2 aromatic rings. The number of hydrogen-bond acceptors (Lipinski definition) is 5. The van der Waals surface area contributed by atoms with Gasteiger partial charge in [-0.25, -0.2) is 0 Å². The number of aromatic hydroxyl groups is 1. The topological polar surface area (TPSA) is 94.4 Å². The number of carbonyl (C=O) groups excluding carboxylic acids is 1. The molecule has 2 rings (SSSR count). The van der Waals surface area contributed by atoms with Gasteiger partial charge in [0.05, 0.1) is 12.3 Å². The fourth-order valence-electron chi connectivity index (χ4n) is 2.06. The zero-order valence-electron chi connectivity index (χ0n) is 14.0. The van der Waals surface area contributed by atoms with Crippen molar-refractivity contribution in [3.63, 3.8) is 0 Å². The average molecular weight is 337 g/mol. The monoisotopic (exact) mass is 337 g/mol. The SMILES string of the molecule is CCOc1ccc(NC(=O)/C(C#N)=C\Nc2ccc(C)cc2O)cc1. The highest BCUT2D eigenvalue weighted by atomic mass is 16.5. The minimum absolute atomic E-state index is 0.0421. The van der Waals surface area contributed by atoms with E-state index < -0.39 is 5.91 Å². The van der Waals surface area contributed by atoms with E-state index in [9.17, 15) is 15.2 Å². The van der Waals surface area contributed by atoms with Gasteiger partial charge in [0.15, 0.2) is 0 Å². The van der Waals surface area contributed by atoms with Crippen molar-refractivity contribution >= 4 is 17.3 Å². The van der Waals surface area contributed by atoms with Gasteiger partial charge in [0, 0.05) is 11.9 Å². The Morgan fingerprint density at radius 2 is 2.00 bits per heavy atom. The molecule has 0 radical (unpaired) electrons. The quantitative estimate of drug-likeness (QED) is 0.426. The zero-order chi connectivity index (χ0) is 18.2. The molecule has 0 aromatic heterocycles. The smallest absolute Gasteiger partial charge is 0.267 e. The number of amides is 1. The van der Waals surface area contributed by atoms with Crippen LogP contribution in [0.25, 0.3) is 0 Å². The largest absolute Gasteiger partial charge is 0.506 e. The van der Waals surface area contributed by atoms with Crippen LogP contribution in [0, 0.1) is 18.3 Å². The summed E-state index contributed by atoms with van der Waals surface area (Å²) in [7, 11) is 0. The number of phenolic OH excluding ortho intramolecular Hbond substituents is 1. The molecule has 6 nitrogen and oxygen atoms in total. The highest BCUT2D eigenvalue weighted by Crippen LogP contribution is 2.24. The molecule has 0 aliphatic heterocycles. The lowest BCUT2D eigenvalue weighted by Gasteiger charge is -2.08. The summed E-state index contributed by atoms with van der Waals surface area (Å²) in [5.41, 5.74) is 1.75. The molecule has 1 amide bonds. The first kappa shape index (κ1) is 17.9. The van der Waals surface area contributed by atoms with Gasteiger partial charge in [-0.2, -0.15) is 5.26 Å². The molecular weight excluding hydrogens is 318 g/mol. The Bertz CT molecular complexity index is 821. The first-order chi connectivity index (χ1) is 12.0. The van der Waals surface area contributed by atoms with Crippen LogP contribution in [-0.4, -0.2) is 17.6 Å². The van der Waals surface area contributed by atoms with Gasteiger partial charge in [0.2, 0.25) is 0 Å². The predicted molar refractivity (Wildman–Crippen MR) is 96.4 cm³/mol. The second kappa shape index (κ2) is 8.41. The van der Waals surface area contributed by atoms with Gasteiger partial charge in [-0.15, -0.1) is 0 Å². The number of benzene rings is 2. The molecule has 6 heteroatoms. The van der Waals surface area contributed by atoms with E-state index in [1.54, 1.807) is 36.4 Å². The Hall–Kier alpha value is -3.46. The van der Waals surface area contributed by atoms with Crippen molar-refractivity contribution in [1.82, 2.24) is 0 Å². The van der Waals surface area contributed by atoms with Crippen LogP contribution in [0.1, 0.15) is 12.5 Å². The van der Waals surface area contributed by atoms with Gasteiger partial charge in [0.25, 0.3) is 5.91 Å². The zero-order valence-corrected chi connectivity index (χ0v) is 14.0. The van der Waals surface area contributed by atoms with Gasteiger partial charge in [-0.1, -0.05) is 6.07 Å². The van der Waals surface area contributed by atoms with E-state index in [-0.39, 0.29) is 11.3 Å². The summed E-state index contributed by atoms with van der Waals surface area (Å²) < 4.78 is 5.33. The van der Waals surface area contributed by atoms with Gasteiger partial charge in [0.1, 0.15) is 23.1 Å². The van der Waals surface area contributed by atoms with Gasteiger partial charge < -0.3 is 20.5 Å². The molecule has 0 saturated carbocycles. The molecule has 0 saturated heterocycles. The number of carbonyl (C=O) groups is 1. The summed E-state index contributed by atoms with van der Waals surface area (Å²) >= 11 is 0. The number of anilines is 2. The van der Waals surface area contributed by atoms with E-state index in [1.807, 2.05) is 26.0 Å². The van der Waals surface area contributed by atoms with Crippen LogP contribution in [0.3, 0.4) is 0 Å². The molecule has 0 aliphatic rings. The van der Waals surface area contributed by atoms with Crippen LogP contribution in [0.2, 0.25) is 0 Å². The summed E-state index contributed by atoms with van der Waals surface area (Å²) in [5.74, 6) is 0.194. The number of aryl methyl sites for hydroxylation is 1. The maximum absolute atomic E-state index is 12.2. The molecule has 2 aromatic carbocycles. The number of rotatable bonds is 6. The van der Waals surface area contributed by atoms with E-state index in [0.717, 1.165) is 5.56 Å². The molecule has 25 heavy (non-hydrogen) atoms. The van der Waals surface area contributed by atoms with Crippen molar-refractivity contribution in [2.75, 3.05) is 17.2 Å². The highest BCUT2D eigenvalue weighted by Gasteiger charge is 2.10. The summed E-state index contributed by atoms with van der Waals surface area (Å²) in [6.45, 7) is 4.30. The maximum atomic E-state index is 12.2. The van der Waals surface area contributed by atoms with Crippen molar-refractivity contribution in [1.29, 1.82) is 5.26 Å². The highest BCUT2D eigenvalue weighted by molar-refractivity contribution is 6.06. The van der Waals surface area contributed by atoms with Gasteiger partial charge in [-0.05, 0) is 55.8 Å². The number of hydrogen-bond donors (Lipinski definition) is 3. The minimum Gasteiger partial charge on any atom is -0.506 e. The lowest BCUT2D eigenvalue weighted by molar-refractivity contribution is -0.112. The van der Waals surface area contributed by atoms with E-state index in [2.05, 4.69) is 10.6 Å². The van der Waals surface area contributed by atoms with Crippen molar-refractivity contribution in [3.05, 3.63) is 59.8 Å². The first-order valence-corrected chi connectivity index (χ1v) is 7.74. The Balaban J connectivity index is 2.06. The molecule has 0 spiro atoms. The lowest BCUT2D eigenvalue weighted by Crippen LogP contribution is -2.14. The van der Waals surface area contributed by atoms with Crippen molar-refractivity contribution < 1.29 is 14.6 Å². The van der Waals surface area contributed by atoms with Crippen LogP contribution >= 0.6 is 0 Å². The Morgan fingerprint density at radius 3 is 2.60 bits per heavy atom. The number of ether oxygens (including phenoxy) is 1. The maximum Gasteiger partial charge on any atom is 0.267 e. The van der Waals surface area contributed by atoms with Crippen LogP contribution < -0.4 is 15.4 Å². The van der Waals surface area contributed by atoms with Crippen LogP contribution in [0.5, 0.6) is 11.5 Å². The molecule has 128 valence electrons. The molecule has 0 fully saturated rings. The Kier molecular flexibility index (Phi) is 6.02. The molecule has 0 aliphatic carbocycles. The normalized spacial score (nSPS) is 10.7. The standard InChI is InChI=1S/C19H19N3O3/c1-3-25-16-7-5-15(6-8-16)22-19(24)14(11-20)12-21-17-9-4-13(2)10-18(17)23/h4-10,12,21,23H,3H2,1-2H3,(H,22,24)/b14-12-. The summed E-state index contributed by atoms with van der Waals surface area (Å²) in [4.78, 5) is 12.2. The number of nitrogens with zero attached hydrogens (tertiary/aromatic N) is 1. The Labute approximate surface area is 146 Å². The third kappa shape index (κ3) is 5.01. The number of nitriles is 1. The predicted octanol–water partition coefficient (Wildman–Crippen LogP) is 3.56. The molecular formula is C19H19N3O3. The van der Waals surface area contributed by atoms with Gasteiger partial charge in [-0.3, -0.25) is 4.79 Å². The summed E-state index contributed by atoms with van der Waals surface area (Å²) in [5, 5.41) is 24.4. The first-order valence-electron chi connectivity index (χ1n) is 7.74. The van der Waals surface area contributed by atoms with E-state index in [4.69, 9.17) is 4.74 Å². The van der Waals surface area contributed by atoms with E-state index in [0.29, 0.717) is 23.7 Å². The molecule has 3 N–H and O–H groups in total. The molecule has 0 unspecified atom stereocenters. The second-order valence-electron chi connectivity index (χ2n) is 5.25. The third-order valence-electron chi connectivity index (χ3n) is 3.31. The Morgan fingerprint density at radius 1 is 1.28 bits per heavy atom. The van der Waals surface area contributed by atoms with Crippen LogP contribution in [0.15, 0.2) is 54.2 Å². The second-order valence-corrected chi connectivity index (χ2v) is 5.25. The van der Waals surface area contributed by atoms with E-state index in [1.165, 1.54) is 6.20 Å². The summed E-state index contributed by atoms with van der Waals surface area (Å²) in [6, 6.07) is 13.7. The number of nitrogens with one attached hydrogen (secondary N) is 2. The minimum atomic E-state index is -0.550. The van der Waals surface area contributed by atoms with Crippen LogP contribution in [-0.2, 0) is 4.79 Å².